The molecular weight excluding hydrogens is 270 g/mol. The topological polar surface area (TPSA) is 64.1 Å². The Bertz CT molecular complexity index is 373. The molecule has 0 bridgehead atoms. The molecule has 6 heteroatoms. The first-order valence-corrected chi connectivity index (χ1v) is 7.83. The van der Waals surface area contributed by atoms with Crippen molar-refractivity contribution in [2.45, 2.75) is 45.1 Å². The molecule has 0 saturated carbocycles. The van der Waals surface area contributed by atoms with Crippen molar-refractivity contribution in [3.63, 3.8) is 0 Å². The van der Waals surface area contributed by atoms with Crippen LogP contribution in [0.1, 0.15) is 39.5 Å². The lowest BCUT2D eigenvalue weighted by atomic mass is 9.93. The molecule has 1 unspecified atom stereocenters. The van der Waals surface area contributed by atoms with Gasteiger partial charge in [0.05, 0.1) is 0 Å². The van der Waals surface area contributed by atoms with Crippen LogP contribution in [0.3, 0.4) is 0 Å². The summed E-state index contributed by atoms with van der Waals surface area (Å²) >= 11 is 0. The fourth-order valence-electron chi connectivity index (χ4n) is 2.96. The van der Waals surface area contributed by atoms with Gasteiger partial charge in [-0.3, -0.25) is 0 Å². The molecular formula is C15H29N3O3. The normalized spacial score (nSPS) is 21.9. The highest BCUT2D eigenvalue weighted by atomic mass is 16.4. The van der Waals surface area contributed by atoms with Crippen molar-refractivity contribution in [3.8, 4) is 0 Å². The lowest BCUT2D eigenvalue weighted by molar-refractivity contribution is -0.148. The van der Waals surface area contributed by atoms with Gasteiger partial charge < -0.3 is 19.8 Å². The Labute approximate surface area is 127 Å². The van der Waals surface area contributed by atoms with E-state index in [9.17, 15) is 14.7 Å². The number of nitrogens with zero attached hydrogens (tertiary/aromatic N) is 3. The summed E-state index contributed by atoms with van der Waals surface area (Å²) in [5.74, 6) is -0.875. The number of carboxylic acids is 1. The molecule has 0 aromatic rings. The van der Waals surface area contributed by atoms with Crippen molar-refractivity contribution in [1.29, 1.82) is 0 Å². The molecule has 0 radical (unpaired) electrons. The predicted molar refractivity (Wildman–Crippen MR) is 82.4 cm³/mol. The van der Waals surface area contributed by atoms with Crippen LogP contribution in [0.15, 0.2) is 0 Å². The number of hydrogen-bond donors (Lipinski definition) is 1. The summed E-state index contributed by atoms with van der Waals surface area (Å²) in [4.78, 5) is 29.9. The summed E-state index contributed by atoms with van der Waals surface area (Å²) in [5, 5.41) is 9.59. The minimum Gasteiger partial charge on any atom is -0.479 e. The largest absolute Gasteiger partial charge is 0.479 e. The Morgan fingerprint density at radius 2 is 1.86 bits per heavy atom. The van der Waals surface area contributed by atoms with Gasteiger partial charge in [0.1, 0.15) is 5.54 Å². The predicted octanol–water partition coefficient (Wildman–Crippen LogP) is 1.71. The molecule has 1 saturated heterocycles. The molecule has 1 rings (SSSR count). The molecule has 0 spiro atoms. The van der Waals surface area contributed by atoms with Gasteiger partial charge in [-0.2, -0.15) is 0 Å². The van der Waals surface area contributed by atoms with Gasteiger partial charge in [-0.15, -0.1) is 0 Å². The molecule has 1 N–H and O–H groups in total. The second kappa shape index (κ2) is 7.64. The highest BCUT2D eigenvalue weighted by molar-refractivity contribution is 5.87. The van der Waals surface area contributed by atoms with E-state index in [2.05, 4.69) is 0 Å². The van der Waals surface area contributed by atoms with Crippen LogP contribution in [0.4, 0.5) is 4.79 Å². The number of amides is 2. The average Bonchev–Trinajstić information content (AvgIpc) is 2.87. The quantitative estimate of drug-likeness (QED) is 0.777. The Balaban J connectivity index is 2.88. The fraction of sp³-hybridized carbons (Fsp3) is 0.867. The SMILES string of the molecule is CCCN(CCN(C)C)C(=O)N1CCCC1(CC)C(=O)O. The van der Waals surface area contributed by atoms with Gasteiger partial charge in [-0.25, -0.2) is 9.59 Å². The van der Waals surface area contributed by atoms with Crippen LogP contribution in [-0.2, 0) is 4.79 Å². The van der Waals surface area contributed by atoms with E-state index in [1.54, 1.807) is 9.80 Å². The van der Waals surface area contributed by atoms with E-state index in [4.69, 9.17) is 0 Å². The molecule has 21 heavy (non-hydrogen) atoms. The highest BCUT2D eigenvalue weighted by Crippen LogP contribution is 2.33. The number of hydrogen-bond acceptors (Lipinski definition) is 3. The molecule has 1 heterocycles. The number of urea groups is 1. The first-order chi connectivity index (χ1) is 9.89. The van der Waals surface area contributed by atoms with Crippen LogP contribution >= 0.6 is 0 Å². The zero-order chi connectivity index (χ0) is 16.0. The highest BCUT2D eigenvalue weighted by Gasteiger charge is 2.49. The molecule has 1 fully saturated rings. The molecule has 1 atom stereocenters. The van der Waals surface area contributed by atoms with Gasteiger partial charge in [0.25, 0.3) is 0 Å². The van der Waals surface area contributed by atoms with Crippen molar-refractivity contribution in [2.24, 2.45) is 0 Å². The Kier molecular flexibility index (Phi) is 6.45. The van der Waals surface area contributed by atoms with Gasteiger partial charge in [0.2, 0.25) is 0 Å². The van der Waals surface area contributed by atoms with E-state index in [1.165, 1.54) is 0 Å². The number of likely N-dealkylation sites (N-methyl/N-ethyl adjacent to an activating group) is 1. The second-order valence-electron chi connectivity index (χ2n) is 6.02. The Morgan fingerprint density at radius 1 is 1.19 bits per heavy atom. The summed E-state index contributed by atoms with van der Waals surface area (Å²) in [7, 11) is 3.94. The molecule has 122 valence electrons. The lowest BCUT2D eigenvalue weighted by Crippen LogP contribution is -2.57. The summed E-state index contributed by atoms with van der Waals surface area (Å²) < 4.78 is 0. The van der Waals surface area contributed by atoms with Crippen molar-refractivity contribution in [3.05, 3.63) is 0 Å². The third-order valence-corrected chi connectivity index (χ3v) is 4.28. The first kappa shape index (κ1) is 17.8. The number of aliphatic carboxylic acids is 1. The number of carboxylic acid groups (broad SMARTS) is 1. The standard InChI is InChI=1S/C15H29N3O3/c1-5-9-17(12-11-16(3)4)14(21)18-10-7-8-15(18,6-2)13(19)20/h5-12H2,1-4H3,(H,19,20). The van der Waals surface area contributed by atoms with Crippen molar-refractivity contribution in [2.75, 3.05) is 40.3 Å². The summed E-state index contributed by atoms with van der Waals surface area (Å²) in [6, 6.07) is -0.125. The van der Waals surface area contributed by atoms with Gasteiger partial charge in [0, 0.05) is 26.2 Å². The smallest absolute Gasteiger partial charge is 0.329 e. The van der Waals surface area contributed by atoms with Gasteiger partial charge in [0.15, 0.2) is 0 Å². The van der Waals surface area contributed by atoms with Gasteiger partial charge >= 0.3 is 12.0 Å². The number of rotatable bonds is 7. The maximum Gasteiger partial charge on any atom is 0.329 e. The number of likely N-dealkylation sites (tertiary alicyclic amines) is 1. The van der Waals surface area contributed by atoms with Crippen LogP contribution in [0.5, 0.6) is 0 Å². The molecule has 2 amide bonds. The van der Waals surface area contributed by atoms with Crippen LogP contribution < -0.4 is 0 Å². The summed E-state index contributed by atoms with van der Waals surface area (Å²) in [5.41, 5.74) is -1.01. The van der Waals surface area contributed by atoms with Crippen molar-refractivity contribution in [1.82, 2.24) is 14.7 Å². The molecule has 0 aliphatic carbocycles. The third-order valence-electron chi connectivity index (χ3n) is 4.28. The minimum atomic E-state index is -1.01. The van der Waals surface area contributed by atoms with Crippen LogP contribution in [0.2, 0.25) is 0 Å². The Morgan fingerprint density at radius 3 is 2.33 bits per heavy atom. The van der Waals surface area contributed by atoms with E-state index in [0.717, 1.165) is 19.4 Å². The number of carbonyl (C=O) groups is 2. The monoisotopic (exact) mass is 299 g/mol. The fourth-order valence-corrected chi connectivity index (χ4v) is 2.96. The number of carbonyl (C=O) groups excluding carboxylic acids is 1. The Hall–Kier alpha value is -1.30. The van der Waals surface area contributed by atoms with E-state index in [1.807, 2.05) is 32.8 Å². The molecule has 1 aliphatic heterocycles. The van der Waals surface area contributed by atoms with Crippen molar-refractivity contribution < 1.29 is 14.7 Å². The van der Waals surface area contributed by atoms with Crippen molar-refractivity contribution >= 4 is 12.0 Å². The average molecular weight is 299 g/mol. The minimum absolute atomic E-state index is 0.125. The van der Waals surface area contributed by atoms with Gasteiger partial charge in [-0.05, 0) is 39.8 Å². The molecule has 0 aromatic carbocycles. The molecule has 1 aliphatic rings. The second-order valence-corrected chi connectivity index (χ2v) is 6.02. The van der Waals surface area contributed by atoms with Crippen LogP contribution in [0.25, 0.3) is 0 Å². The zero-order valence-corrected chi connectivity index (χ0v) is 13.8. The maximum atomic E-state index is 12.8. The van der Waals surface area contributed by atoms with E-state index in [-0.39, 0.29) is 6.03 Å². The van der Waals surface area contributed by atoms with Gasteiger partial charge in [-0.1, -0.05) is 13.8 Å². The molecule has 0 aromatic heterocycles. The van der Waals surface area contributed by atoms with Crippen LogP contribution in [-0.4, -0.2) is 77.6 Å². The lowest BCUT2D eigenvalue weighted by Gasteiger charge is -2.37. The van der Waals surface area contributed by atoms with E-state index in [0.29, 0.717) is 32.5 Å². The summed E-state index contributed by atoms with van der Waals surface area (Å²) in [6.45, 7) is 6.51. The third kappa shape index (κ3) is 3.87. The zero-order valence-electron chi connectivity index (χ0n) is 13.8. The van der Waals surface area contributed by atoms with E-state index < -0.39 is 11.5 Å². The maximum absolute atomic E-state index is 12.8. The summed E-state index contributed by atoms with van der Waals surface area (Å²) in [6.07, 6.45) is 2.65. The van der Waals surface area contributed by atoms with E-state index >= 15 is 0 Å². The van der Waals surface area contributed by atoms with Crippen LogP contribution in [0, 0.1) is 0 Å². The first-order valence-electron chi connectivity index (χ1n) is 7.83. The molecule has 6 nitrogen and oxygen atoms in total.